The van der Waals surface area contributed by atoms with Crippen LogP contribution in [-0.4, -0.2) is 30.0 Å². The Morgan fingerprint density at radius 2 is 1.78 bits per heavy atom. The van der Waals surface area contributed by atoms with E-state index in [0.29, 0.717) is 18.6 Å². The molecule has 2 fully saturated rings. The van der Waals surface area contributed by atoms with Crippen molar-refractivity contribution in [3.8, 4) is 0 Å². The third-order valence-corrected chi connectivity index (χ3v) is 4.90. The third kappa shape index (κ3) is 3.69. The van der Waals surface area contributed by atoms with Gasteiger partial charge >= 0.3 is 0 Å². The minimum Gasteiger partial charge on any atom is -0.388 e. The smallest absolute Gasteiger partial charge is 0.0798 e. The lowest BCUT2D eigenvalue weighted by Gasteiger charge is -2.29. The molecular weight excluding hydrogens is 226 g/mol. The van der Waals surface area contributed by atoms with Crippen LogP contribution in [0.2, 0.25) is 0 Å². The topological polar surface area (TPSA) is 55.5 Å². The summed E-state index contributed by atoms with van der Waals surface area (Å²) in [5, 5.41) is 10.4. The Bertz CT molecular complexity index is 239. The van der Waals surface area contributed by atoms with Gasteiger partial charge in [0.25, 0.3) is 0 Å². The van der Waals surface area contributed by atoms with E-state index in [1.165, 1.54) is 38.5 Å². The van der Waals surface area contributed by atoms with Crippen LogP contribution in [0.3, 0.4) is 0 Å². The van der Waals surface area contributed by atoms with Crippen LogP contribution in [0.5, 0.6) is 0 Å². The molecule has 0 aromatic carbocycles. The van der Waals surface area contributed by atoms with Crippen molar-refractivity contribution in [2.75, 3.05) is 13.2 Å². The molecule has 18 heavy (non-hydrogen) atoms. The van der Waals surface area contributed by atoms with Crippen molar-refractivity contribution in [2.45, 2.75) is 75.9 Å². The van der Waals surface area contributed by atoms with Crippen molar-refractivity contribution >= 4 is 0 Å². The molecule has 3 N–H and O–H groups in total. The number of rotatable bonds is 5. The van der Waals surface area contributed by atoms with Gasteiger partial charge in [0.05, 0.1) is 11.7 Å². The summed E-state index contributed by atoms with van der Waals surface area (Å²) in [7, 11) is 0. The molecule has 2 rings (SSSR count). The fourth-order valence-corrected chi connectivity index (χ4v) is 3.59. The van der Waals surface area contributed by atoms with Gasteiger partial charge in [-0.25, -0.2) is 0 Å². The molecule has 0 amide bonds. The number of ether oxygens (including phenoxy) is 1. The molecule has 2 unspecified atom stereocenters. The molecule has 0 aromatic heterocycles. The minimum atomic E-state index is -0.604. The van der Waals surface area contributed by atoms with E-state index in [9.17, 15) is 5.11 Å². The lowest BCUT2D eigenvalue weighted by atomic mass is 9.88. The highest BCUT2D eigenvalue weighted by atomic mass is 16.5. The van der Waals surface area contributed by atoms with E-state index < -0.39 is 5.60 Å². The normalized spacial score (nSPS) is 34.7. The Morgan fingerprint density at radius 1 is 1.06 bits per heavy atom. The molecule has 0 radical (unpaired) electrons. The van der Waals surface area contributed by atoms with E-state index in [-0.39, 0.29) is 0 Å². The fourth-order valence-electron chi connectivity index (χ4n) is 3.59. The van der Waals surface area contributed by atoms with Crippen LogP contribution in [0.1, 0.15) is 64.2 Å². The summed E-state index contributed by atoms with van der Waals surface area (Å²) in [4.78, 5) is 0. The Hall–Kier alpha value is -0.120. The first kappa shape index (κ1) is 14.3. The fraction of sp³-hybridized carbons (Fsp3) is 1.00. The highest BCUT2D eigenvalue weighted by Gasteiger charge is 2.39. The number of aliphatic hydroxyl groups is 1. The Kier molecular flexibility index (Phi) is 5.46. The van der Waals surface area contributed by atoms with Gasteiger partial charge in [-0.3, -0.25) is 0 Å². The Labute approximate surface area is 111 Å². The average Bonchev–Trinajstić information content (AvgIpc) is 2.60. The summed E-state index contributed by atoms with van der Waals surface area (Å²) in [6, 6.07) is 0. The summed E-state index contributed by atoms with van der Waals surface area (Å²) in [6.07, 6.45) is 12.4. The summed E-state index contributed by atoms with van der Waals surface area (Å²) in [6.45, 7) is 1.21. The molecule has 0 bridgehead atoms. The maximum absolute atomic E-state index is 10.4. The van der Waals surface area contributed by atoms with Crippen molar-refractivity contribution < 1.29 is 9.84 Å². The first-order valence-electron chi connectivity index (χ1n) is 7.79. The van der Waals surface area contributed by atoms with Gasteiger partial charge in [0.2, 0.25) is 0 Å². The maximum Gasteiger partial charge on any atom is 0.0798 e. The van der Waals surface area contributed by atoms with Crippen molar-refractivity contribution in [3.05, 3.63) is 0 Å². The second-order valence-electron chi connectivity index (χ2n) is 6.17. The lowest BCUT2D eigenvalue weighted by molar-refractivity contribution is -0.0181. The first-order valence-corrected chi connectivity index (χ1v) is 7.79. The van der Waals surface area contributed by atoms with E-state index in [4.69, 9.17) is 10.5 Å². The van der Waals surface area contributed by atoms with E-state index in [1.54, 1.807) is 0 Å². The highest BCUT2D eigenvalue weighted by Crippen LogP contribution is 2.37. The highest BCUT2D eigenvalue weighted by molar-refractivity contribution is 4.92. The molecule has 0 spiro atoms. The minimum absolute atomic E-state index is 0.355. The van der Waals surface area contributed by atoms with Crippen molar-refractivity contribution in [3.63, 3.8) is 0 Å². The summed E-state index contributed by atoms with van der Waals surface area (Å²) in [5.74, 6) is 0.355. The number of hydrogen-bond acceptors (Lipinski definition) is 3. The standard InChI is InChI=1S/C15H29NO2/c16-12-15(17)10-5-6-13(15)9-11-18-14-7-3-1-2-4-8-14/h13-14,17H,1-12,16H2. The van der Waals surface area contributed by atoms with E-state index in [0.717, 1.165) is 32.3 Å². The number of hydrogen-bond donors (Lipinski definition) is 2. The van der Waals surface area contributed by atoms with Crippen LogP contribution in [0.15, 0.2) is 0 Å². The van der Waals surface area contributed by atoms with Crippen LogP contribution >= 0.6 is 0 Å². The molecule has 3 heteroatoms. The van der Waals surface area contributed by atoms with Gasteiger partial charge in [0, 0.05) is 13.2 Å². The Balaban J connectivity index is 1.68. The summed E-state index contributed by atoms with van der Waals surface area (Å²) in [5.41, 5.74) is 5.10. The van der Waals surface area contributed by atoms with Crippen LogP contribution in [-0.2, 0) is 4.74 Å². The predicted molar refractivity (Wildman–Crippen MR) is 73.4 cm³/mol. The predicted octanol–water partition coefficient (Wildman–Crippen LogP) is 2.61. The van der Waals surface area contributed by atoms with Crippen molar-refractivity contribution in [1.29, 1.82) is 0 Å². The largest absolute Gasteiger partial charge is 0.388 e. The molecule has 106 valence electrons. The van der Waals surface area contributed by atoms with Gasteiger partial charge < -0.3 is 15.6 Å². The monoisotopic (exact) mass is 255 g/mol. The van der Waals surface area contributed by atoms with Crippen LogP contribution in [0.4, 0.5) is 0 Å². The van der Waals surface area contributed by atoms with Crippen LogP contribution in [0.25, 0.3) is 0 Å². The van der Waals surface area contributed by atoms with Gasteiger partial charge in [-0.05, 0) is 38.0 Å². The van der Waals surface area contributed by atoms with E-state index in [1.807, 2.05) is 0 Å². The molecule has 2 saturated carbocycles. The van der Waals surface area contributed by atoms with Gasteiger partial charge in [-0.15, -0.1) is 0 Å². The summed E-state index contributed by atoms with van der Waals surface area (Å²) < 4.78 is 6.01. The molecule has 0 aliphatic heterocycles. The Morgan fingerprint density at radius 3 is 2.44 bits per heavy atom. The molecule has 2 aliphatic rings. The molecule has 2 atom stereocenters. The zero-order chi connectivity index (χ0) is 12.8. The molecule has 2 aliphatic carbocycles. The van der Waals surface area contributed by atoms with Crippen molar-refractivity contribution in [2.24, 2.45) is 11.7 Å². The molecule has 0 saturated heterocycles. The first-order chi connectivity index (χ1) is 8.74. The SMILES string of the molecule is NCC1(O)CCCC1CCOC1CCCCCC1. The van der Waals surface area contributed by atoms with Gasteiger partial charge in [0.1, 0.15) is 0 Å². The number of nitrogens with two attached hydrogens (primary N) is 1. The second kappa shape index (κ2) is 6.88. The lowest BCUT2D eigenvalue weighted by Crippen LogP contribution is -2.41. The van der Waals surface area contributed by atoms with Gasteiger partial charge in [-0.1, -0.05) is 32.1 Å². The third-order valence-electron chi connectivity index (χ3n) is 4.90. The molecule has 0 heterocycles. The van der Waals surface area contributed by atoms with Crippen LogP contribution < -0.4 is 5.73 Å². The van der Waals surface area contributed by atoms with Gasteiger partial charge in [0.15, 0.2) is 0 Å². The van der Waals surface area contributed by atoms with E-state index in [2.05, 4.69) is 0 Å². The van der Waals surface area contributed by atoms with Gasteiger partial charge in [-0.2, -0.15) is 0 Å². The molecule has 3 nitrogen and oxygen atoms in total. The average molecular weight is 255 g/mol. The van der Waals surface area contributed by atoms with Crippen molar-refractivity contribution in [1.82, 2.24) is 0 Å². The van der Waals surface area contributed by atoms with Crippen LogP contribution in [0, 0.1) is 5.92 Å². The van der Waals surface area contributed by atoms with E-state index >= 15 is 0 Å². The molecule has 0 aromatic rings. The second-order valence-corrected chi connectivity index (χ2v) is 6.17. The molecular formula is C15H29NO2. The zero-order valence-electron chi connectivity index (χ0n) is 11.6. The quantitative estimate of drug-likeness (QED) is 0.742. The summed E-state index contributed by atoms with van der Waals surface area (Å²) >= 11 is 0. The zero-order valence-corrected chi connectivity index (χ0v) is 11.6. The maximum atomic E-state index is 10.4.